The first-order valence-electron chi connectivity index (χ1n) is 16.5. The first kappa shape index (κ1) is 38.8. The Morgan fingerprint density at radius 1 is 1.02 bits per heavy atom. The van der Waals surface area contributed by atoms with Crippen LogP contribution in [0.4, 0.5) is 28.9 Å². The summed E-state index contributed by atoms with van der Waals surface area (Å²) in [5.41, 5.74) is 1.54. The van der Waals surface area contributed by atoms with Gasteiger partial charge in [-0.15, -0.1) is 0 Å². The molecule has 3 aliphatic heterocycles. The van der Waals surface area contributed by atoms with Gasteiger partial charge in [0.15, 0.2) is 0 Å². The fraction of sp³-hybridized carbons (Fsp3) is 0.571. The van der Waals surface area contributed by atoms with E-state index in [1.165, 1.54) is 30.2 Å². The van der Waals surface area contributed by atoms with E-state index in [0.717, 1.165) is 76.7 Å². The van der Waals surface area contributed by atoms with Gasteiger partial charge in [-0.3, -0.25) is 14.5 Å². The van der Waals surface area contributed by atoms with E-state index in [1.807, 2.05) is 0 Å². The van der Waals surface area contributed by atoms with Crippen LogP contribution in [0.2, 0.25) is 0 Å². The van der Waals surface area contributed by atoms with Gasteiger partial charge < -0.3 is 34.6 Å². The lowest BCUT2D eigenvalue weighted by molar-refractivity contribution is -0.151. The maximum Gasteiger partial charge on any atom is 0.416 e. The van der Waals surface area contributed by atoms with E-state index in [2.05, 4.69) is 33.7 Å². The van der Waals surface area contributed by atoms with Gasteiger partial charge in [-0.2, -0.15) is 13.2 Å². The van der Waals surface area contributed by atoms with Crippen LogP contribution >= 0.6 is 0 Å². The molecule has 2 amide bonds. The summed E-state index contributed by atoms with van der Waals surface area (Å²) in [7, 11) is 2.66. The van der Waals surface area contributed by atoms with Crippen LogP contribution in [-0.4, -0.2) is 111 Å². The number of amides is 2. The molecule has 2 saturated heterocycles. The molecule has 2 aromatic carbocycles. The highest BCUT2D eigenvalue weighted by molar-refractivity contribution is 5.90. The lowest BCUT2D eigenvalue weighted by Crippen LogP contribution is -2.52. The maximum atomic E-state index is 13.8. The molecule has 50 heavy (non-hydrogen) atoms. The van der Waals surface area contributed by atoms with Gasteiger partial charge in [0.05, 0.1) is 32.0 Å². The zero-order valence-corrected chi connectivity index (χ0v) is 29.1. The fourth-order valence-electron chi connectivity index (χ4n) is 6.18. The summed E-state index contributed by atoms with van der Waals surface area (Å²) in [6, 6.07) is 6.49. The molecule has 3 unspecified atom stereocenters. The highest BCUT2D eigenvalue weighted by Crippen LogP contribution is 2.34. The molecule has 2 fully saturated rings. The molecular weight excluding hydrogens is 662 g/mol. The van der Waals surface area contributed by atoms with Gasteiger partial charge in [0, 0.05) is 70.7 Å². The number of rotatable bonds is 10. The number of ether oxygens (including phenoxy) is 3. The monoisotopic (exact) mass is 709 g/mol. The predicted molar refractivity (Wildman–Crippen MR) is 179 cm³/mol. The fourth-order valence-corrected chi connectivity index (χ4v) is 6.18. The second-order valence-electron chi connectivity index (χ2n) is 13.7. The second-order valence-corrected chi connectivity index (χ2v) is 13.7. The van der Waals surface area contributed by atoms with Crippen molar-refractivity contribution in [3.8, 4) is 0 Å². The van der Waals surface area contributed by atoms with Crippen molar-refractivity contribution in [1.82, 2.24) is 14.7 Å². The van der Waals surface area contributed by atoms with Gasteiger partial charge in [0.1, 0.15) is 17.9 Å². The molecule has 11 nitrogen and oxygen atoms in total. The molecule has 0 spiro atoms. The molecule has 2 aromatic rings. The number of benzene rings is 2. The second kappa shape index (κ2) is 16.8. The molecule has 0 aromatic heterocycles. The topological polar surface area (TPSA) is 113 Å². The Morgan fingerprint density at radius 3 is 2.34 bits per heavy atom. The van der Waals surface area contributed by atoms with E-state index < -0.39 is 46.9 Å². The minimum atomic E-state index is -4.74. The summed E-state index contributed by atoms with van der Waals surface area (Å²) >= 11 is 0. The van der Waals surface area contributed by atoms with E-state index >= 15 is 0 Å². The van der Waals surface area contributed by atoms with Crippen LogP contribution in [0, 0.1) is 11.2 Å². The Hall–Kier alpha value is -3.95. The van der Waals surface area contributed by atoms with Crippen molar-refractivity contribution in [3.63, 3.8) is 0 Å². The smallest absolute Gasteiger partial charge is 0.416 e. The number of hydrogen-bond donors (Lipinski definition) is 2. The Bertz CT molecular complexity index is 1480. The van der Waals surface area contributed by atoms with Crippen LogP contribution in [0.15, 0.2) is 36.4 Å². The van der Waals surface area contributed by atoms with E-state index in [4.69, 9.17) is 14.2 Å². The molecule has 0 bridgehead atoms. The molecule has 0 radical (unpaired) electrons. The number of carbonyl (C=O) groups excluding carboxylic acids is 3. The highest BCUT2D eigenvalue weighted by atomic mass is 19.4. The van der Waals surface area contributed by atoms with Crippen molar-refractivity contribution in [1.29, 1.82) is 0 Å². The maximum absolute atomic E-state index is 13.8. The molecule has 0 aliphatic carbocycles. The zero-order chi connectivity index (χ0) is 36.6. The number of morpholine rings is 1. The Morgan fingerprint density at radius 2 is 1.72 bits per heavy atom. The summed E-state index contributed by atoms with van der Waals surface area (Å²) in [6.45, 7) is 12.5. The highest BCUT2D eigenvalue weighted by Gasteiger charge is 2.45. The summed E-state index contributed by atoms with van der Waals surface area (Å²) < 4.78 is 68.3. The van der Waals surface area contributed by atoms with E-state index in [1.54, 1.807) is 25.7 Å². The van der Waals surface area contributed by atoms with Crippen LogP contribution in [0.1, 0.15) is 43.9 Å². The SMILES string of the molecule is COC(=O)C1CC(OC)CN1C(=O)C(Nc1cc(F)cc(C(F)(F)F)c1)C(C)(C)C.O=CN1Cc2ccc(NCCN3CCOCC3)cc2C1. The lowest BCUT2D eigenvalue weighted by atomic mass is 9.85. The molecular formula is C35H47F4N5O6. The molecule has 3 aliphatic rings. The number of alkyl halides is 3. The third kappa shape index (κ3) is 10.3. The van der Waals surface area contributed by atoms with Crippen molar-refractivity contribution in [2.24, 2.45) is 5.41 Å². The first-order chi connectivity index (χ1) is 23.6. The molecule has 3 heterocycles. The van der Waals surface area contributed by atoms with E-state index in [0.29, 0.717) is 6.07 Å². The number of halogens is 4. The van der Waals surface area contributed by atoms with Crippen molar-refractivity contribution < 1.29 is 46.2 Å². The predicted octanol–water partition coefficient (Wildman–Crippen LogP) is 4.36. The lowest BCUT2D eigenvalue weighted by Gasteiger charge is -2.35. The number of likely N-dealkylation sites (tertiary alicyclic amines) is 1. The van der Waals surface area contributed by atoms with Crippen LogP contribution in [0.25, 0.3) is 0 Å². The number of nitrogens with one attached hydrogen (secondary N) is 2. The zero-order valence-electron chi connectivity index (χ0n) is 29.1. The van der Waals surface area contributed by atoms with Gasteiger partial charge in [0.2, 0.25) is 12.3 Å². The summed E-state index contributed by atoms with van der Waals surface area (Å²) in [4.78, 5) is 41.8. The number of carbonyl (C=O) groups is 3. The Labute approximate surface area is 290 Å². The van der Waals surface area contributed by atoms with Crippen molar-refractivity contribution >= 4 is 29.7 Å². The third-order valence-corrected chi connectivity index (χ3v) is 8.96. The minimum absolute atomic E-state index is 0.125. The number of esters is 1. The van der Waals surface area contributed by atoms with E-state index in [9.17, 15) is 31.9 Å². The minimum Gasteiger partial charge on any atom is -0.467 e. The van der Waals surface area contributed by atoms with Gasteiger partial charge in [-0.25, -0.2) is 9.18 Å². The average Bonchev–Trinajstić information content (AvgIpc) is 3.70. The van der Waals surface area contributed by atoms with Gasteiger partial charge in [0.25, 0.3) is 0 Å². The van der Waals surface area contributed by atoms with Crippen LogP contribution in [0.3, 0.4) is 0 Å². The molecule has 0 saturated carbocycles. The normalized spacial score (nSPS) is 20.0. The summed E-state index contributed by atoms with van der Waals surface area (Å²) in [6.07, 6.45) is -3.96. The quantitative estimate of drug-likeness (QED) is 0.211. The number of hydrogen-bond acceptors (Lipinski definition) is 9. The Balaban J connectivity index is 0.000000242. The van der Waals surface area contributed by atoms with Crippen molar-refractivity contribution in [2.75, 3.05) is 70.8 Å². The summed E-state index contributed by atoms with van der Waals surface area (Å²) in [5, 5.41) is 6.20. The Kier molecular flexibility index (Phi) is 13.1. The molecule has 15 heteroatoms. The molecule has 3 atom stereocenters. The first-order valence-corrected chi connectivity index (χ1v) is 16.5. The van der Waals surface area contributed by atoms with Crippen LogP contribution < -0.4 is 10.6 Å². The molecule has 5 rings (SSSR count). The van der Waals surface area contributed by atoms with Crippen molar-refractivity contribution in [3.05, 3.63) is 58.9 Å². The largest absolute Gasteiger partial charge is 0.467 e. The average molecular weight is 710 g/mol. The molecule has 2 N–H and O–H groups in total. The number of fused-ring (bicyclic) bond motifs is 1. The molecule has 276 valence electrons. The van der Waals surface area contributed by atoms with Gasteiger partial charge >= 0.3 is 12.1 Å². The van der Waals surface area contributed by atoms with Gasteiger partial charge in [-0.05, 0) is 46.9 Å². The number of nitrogens with zero attached hydrogens (tertiary/aromatic N) is 3. The summed E-state index contributed by atoms with van der Waals surface area (Å²) in [5.74, 6) is -2.21. The van der Waals surface area contributed by atoms with Gasteiger partial charge in [-0.1, -0.05) is 26.8 Å². The number of anilines is 2. The number of methoxy groups -OCH3 is 2. The standard InChI is InChI=1S/C20H26F4N2O4.C15H21N3O2/c1-19(2,3)16(25-13-7-11(20(22,23)24)6-12(21)8-13)17(27)26-10-14(29-4)9-15(26)18(28)30-5;19-12-18-10-13-1-2-15(9-14(13)11-18)16-3-4-17-5-7-20-8-6-17/h6-8,14-16,25H,9-10H2,1-5H3;1-2,9,12,16H,3-8,10-11H2. The third-order valence-electron chi connectivity index (χ3n) is 8.96. The van der Waals surface area contributed by atoms with Crippen LogP contribution in [0.5, 0.6) is 0 Å². The van der Waals surface area contributed by atoms with Crippen LogP contribution in [-0.2, 0) is 47.9 Å². The van der Waals surface area contributed by atoms with Crippen molar-refractivity contribution in [2.45, 2.75) is 64.6 Å². The van der Waals surface area contributed by atoms with E-state index in [-0.39, 0.29) is 24.8 Å².